The fourth-order valence-corrected chi connectivity index (χ4v) is 2.76. The van der Waals surface area contributed by atoms with Gasteiger partial charge in [0, 0.05) is 16.0 Å². The second-order valence-electron chi connectivity index (χ2n) is 3.94. The highest BCUT2D eigenvalue weighted by molar-refractivity contribution is 7.12. The van der Waals surface area contributed by atoms with Crippen LogP contribution >= 0.6 is 11.3 Å². The highest BCUT2D eigenvalue weighted by atomic mass is 32.1. The summed E-state index contributed by atoms with van der Waals surface area (Å²) in [5, 5.41) is 0. The molecule has 2 rings (SSSR count). The molecule has 0 saturated heterocycles. The Kier molecular flexibility index (Phi) is 4.30. The molecule has 0 aliphatic rings. The molecule has 1 unspecified atom stereocenters. The zero-order valence-electron chi connectivity index (χ0n) is 10.5. The summed E-state index contributed by atoms with van der Waals surface area (Å²) in [7, 11) is 0. The molecule has 0 amide bonds. The number of thiophene rings is 1. The molecule has 2 aromatic heterocycles. The van der Waals surface area contributed by atoms with Crippen LogP contribution in [0.2, 0.25) is 0 Å². The Labute approximate surface area is 111 Å². The Morgan fingerprint density at radius 2 is 2.28 bits per heavy atom. The van der Waals surface area contributed by atoms with Crippen molar-refractivity contribution in [2.45, 2.75) is 19.9 Å². The molecule has 2 aromatic rings. The molecule has 1 atom stereocenters. The van der Waals surface area contributed by atoms with Crippen molar-refractivity contribution in [1.29, 1.82) is 0 Å². The number of aryl methyl sites for hydroxylation is 1. The number of hydrazine groups is 1. The molecule has 0 fully saturated rings. The van der Waals surface area contributed by atoms with Crippen molar-refractivity contribution in [3.8, 4) is 5.75 Å². The van der Waals surface area contributed by atoms with Crippen LogP contribution in [-0.2, 0) is 0 Å². The average Bonchev–Trinajstić information content (AvgIpc) is 2.78. The van der Waals surface area contributed by atoms with E-state index in [0.717, 1.165) is 11.3 Å². The van der Waals surface area contributed by atoms with Gasteiger partial charge in [0.2, 0.25) is 0 Å². The van der Waals surface area contributed by atoms with Crippen molar-refractivity contribution in [2.75, 3.05) is 6.61 Å². The van der Waals surface area contributed by atoms with Crippen molar-refractivity contribution >= 4 is 11.3 Å². The van der Waals surface area contributed by atoms with Crippen molar-refractivity contribution in [3.05, 3.63) is 45.9 Å². The molecule has 0 spiro atoms. The van der Waals surface area contributed by atoms with Gasteiger partial charge in [-0.05, 0) is 37.6 Å². The standard InChI is InChI=1S/C13H17N3OS/c1-3-17-11-6-10(7-15-8-11)13(16-14)12-5-4-9(2)18-12/h4-8,13,16H,3,14H2,1-2H3. The molecule has 4 nitrogen and oxygen atoms in total. The van der Waals surface area contributed by atoms with Crippen LogP contribution in [0.1, 0.15) is 28.3 Å². The number of rotatable bonds is 5. The van der Waals surface area contributed by atoms with Gasteiger partial charge in [0.05, 0.1) is 18.8 Å². The third-order valence-corrected chi connectivity index (χ3v) is 3.66. The Morgan fingerprint density at radius 1 is 1.44 bits per heavy atom. The largest absolute Gasteiger partial charge is 0.492 e. The lowest BCUT2D eigenvalue weighted by Crippen LogP contribution is -2.28. The highest BCUT2D eigenvalue weighted by Crippen LogP contribution is 2.28. The summed E-state index contributed by atoms with van der Waals surface area (Å²) in [6.07, 6.45) is 3.52. The second-order valence-corrected chi connectivity index (χ2v) is 5.25. The van der Waals surface area contributed by atoms with Gasteiger partial charge in [0.25, 0.3) is 0 Å². The van der Waals surface area contributed by atoms with E-state index in [9.17, 15) is 0 Å². The molecule has 2 heterocycles. The fraction of sp³-hybridized carbons (Fsp3) is 0.308. The monoisotopic (exact) mass is 263 g/mol. The van der Waals surface area contributed by atoms with Crippen molar-refractivity contribution in [2.24, 2.45) is 5.84 Å². The van der Waals surface area contributed by atoms with Gasteiger partial charge in [0.1, 0.15) is 5.75 Å². The first-order valence-corrected chi connectivity index (χ1v) is 6.66. The molecule has 0 aromatic carbocycles. The van der Waals surface area contributed by atoms with Crippen LogP contribution in [0, 0.1) is 6.92 Å². The molecule has 0 bridgehead atoms. The van der Waals surface area contributed by atoms with Crippen LogP contribution in [0.4, 0.5) is 0 Å². The summed E-state index contributed by atoms with van der Waals surface area (Å²) in [4.78, 5) is 6.62. The van der Waals surface area contributed by atoms with E-state index in [4.69, 9.17) is 10.6 Å². The number of hydrogen-bond donors (Lipinski definition) is 2. The van der Waals surface area contributed by atoms with Gasteiger partial charge >= 0.3 is 0 Å². The fourth-order valence-electron chi connectivity index (χ4n) is 1.79. The van der Waals surface area contributed by atoms with Crippen LogP contribution in [-0.4, -0.2) is 11.6 Å². The van der Waals surface area contributed by atoms with Gasteiger partial charge in [-0.15, -0.1) is 11.3 Å². The minimum absolute atomic E-state index is 0.0448. The predicted octanol–water partition coefficient (Wildman–Crippen LogP) is 2.40. The second kappa shape index (κ2) is 5.95. The van der Waals surface area contributed by atoms with Crippen LogP contribution in [0.3, 0.4) is 0 Å². The predicted molar refractivity (Wildman–Crippen MR) is 73.6 cm³/mol. The molecule has 0 radical (unpaired) electrons. The van der Waals surface area contributed by atoms with Crippen molar-refractivity contribution < 1.29 is 4.74 Å². The Balaban J connectivity index is 2.29. The Bertz CT molecular complexity index is 512. The molecular formula is C13H17N3OS. The summed E-state index contributed by atoms with van der Waals surface area (Å²) >= 11 is 1.72. The number of hydrogen-bond acceptors (Lipinski definition) is 5. The number of nitrogens with two attached hydrogens (primary N) is 1. The molecule has 3 N–H and O–H groups in total. The molecule has 0 aliphatic heterocycles. The maximum absolute atomic E-state index is 5.66. The lowest BCUT2D eigenvalue weighted by Gasteiger charge is -2.15. The first-order valence-electron chi connectivity index (χ1n) is 5.84. The SMILES string of the molecule is CCOc1cncc(C(NN)c2ccc(C)s2)c1. The maximum Gasteiger partial charge on any atom is 0.137 e. The van der Waals surface area contributed by atoms with E-state index < -0.39 is 0 Å². The third-order valence-electron chi connectivity index (χ3n) is 2.59. The van der Waals surface area contributed by atoms with E-state index in [1.54, 1.807) is 17.5 Å². The van der Waals surface area contributed by atoms with Gasteiger partial charge in [0.15, 0.2) is 0 Å². The minimum Gasteiger partial charge on any atom is -0.492 e. The smallest absolute Gasteiger partial charge is 0.137 e. The summed E-state index contributed by atoms with van der Waals surface area (Å²) in [5.41, 5.74) is 3.84. The summed E-state index contributed by atoms with van der Waals surface area (Å²) in [6.45, 7) is 4.66. The zero-order chi connectivity index (χ0) is 13.0. The average molecular weight is 263 g/mol. The zero-order valence-corrected chi connectivity index (χ0v) is 11.3. The van der Waals surface area contributed by atoms with Crippen LogP contribution in [0.25, 0.3) is 0 Å². The van der Waals surface area contributed by atoms with Crippen LogP contribution < -0.4 is 16.0 Å². The topological polar surface area (TPSA) is 60.2 Å². The van der Waals surface area contributed by atoms with Gasteiger partial charge in [-0.25, -0.2) is 5.43 Å². The summed E-state index contributed by atoms with van der Waals surface area (Å²) < 4.78 is 5.45. The quantitative estimate of drug-likeness (QED) is 0.642. The van der Waals surface area contributed by atoms with E-state index in [0.29, 0.717) is 6.61 Å². The lowest BCUT2D eigenvalue weighted by molar-refractivity contribution is 0.338. The minimum atomic E-state index is -0.0448. The number of nitrogens with zero attached hydrogens (tertiary/aromatic N) is 1. The number of nitrogens with one attached hydrogen (secondary N) is 1. The Hall–Kier alpha value is -1.43. The van der Waals surface area contributed by atoms with Crippen LogP contribution in [0.5, 0.6) is 5.75 Å². The van der Waals surface area contributed by atoms with Gasteiger partial charge in [-0.2, -0.15) is 0 Å². The summed E-state index contributed by atoms with van der Waals surface area (Å²) in [6, 6.07) is 6.09. The number of ether oxygens (including phenoxy) is 1. The van der Waals surface area contributed by atoms with E-state index in [1.165, 1.54) is 9.75 Å². The maximum atomic E-state index is 5.66. The van der Waals surface area contributed by atoms with E-state index in [1.807, 2.05) is 19.2 Å². The van der Waals surface area contributed by atoms with Gasteiger partial charge in [-0.3, -0.25) is 10.8 Å². The van der Waals surface area contributed by atoms with Crippen molar-refractivity contribution in [3.63, 3.8) is 0 Å². The van der Waals surface area contributed by atoms with E-state index >= 15 is 0 Å². The molecule has 0 aliphatic carbocycles. The molecule has 0 saturated carbocycles. The molecule has 18 heavy (non-hydrogen) atoms. The molecular weight excluding hydrogens is 246 g/mol. The highest BCUT2D eigenvalue weighted by Gasteiger charge is 2.15. The van der Waals surface area contributed by atoms with Crippen molar-refractivity contribution in [1.82, 2.24) is 10.4 Å². The number of pyridine rings is 1. The number of aromatic nitrogens is 1. The van der Waals surface area contributed by atoms with Gasteiger partial charge in [-0.1, -0.05) is 0 Å². The first kappa shape index (κ1) is 13.0. The van der Waals surface area contributed by atoms with Crippen LogP contribution in [0.15, 0.2) is 30.6 Å². The lowest BCUT2D eigenvalue weighted by atomic mass is 10.1. The first-order chi connectivity index (χ1) is 8.74. The molecule has 96 valence electrons. The Morgan fingerprint density at radius 3 is 2.89 bits per heavy atom. The van der Waals surface area contributed by atoms with Gasteiger partial charge < -0.3 is 4.74 Å². The summed E-state index contributed by atoms with van der Waals surface area (Å²) in [5.74, 6) is 6.43. The third kappa shape index (κ3) is 2.87. The van der Waals surface area contributed by atoms with E-state index in [-0.39, 0.29) is 6.04 Å². The normalized spacial score (nSPS) is 12.4. The van der Waals surface area contributed by atoms with E-state index in [2.05, 4.69) is 29.5 Å². The molecule has 5 heteroatoms.